The molecule has 3 heterocycles. The highest BCUT2D eigenvalue weighted by Crippen LogP contribution is 2.36. The summed E-state index contributed by atoms with van der Waals surface area (Å²) in [4.78, 5) is 32.8. The van der Waals surface area contributed by atoms with E-state index in [1.165, 1.54) is 21.9 Å². The standard InChI is InChI=1S/C27H31N5O3S2/c1-19-21(17-23-26(35)32(27(36)37-23)10-6-9-20-7-4-3-5-8-20)24(29(2)25(34)22(19)18-28)31-13-11-30(12-14-31)15-16-33/h3-5,7-8,17,33H,6,9-16H2,1-2H3/b23-17-. The molecule has 0 bridgehead atoms. The maximum absolute atomic E-state index is 13.4. The Labute approximate surface area is 226 Å². The minimum atomic E-state index is -0.349. The van der Waals surface area contributed by atoms with Crippen LogP contribution in [-0.2, 0) is 18.3 Å². The Bertz CT molecular complexity index is 1310. The number of β-amino-alcohol motifs (C(OH)–C–C–N with tert-alkyl or cyclic N) is 1. The van der Waals surface area contributed by atoms with Gasteiger partial charge in [0.1, 0.15) is 21.8 Å². The van der Waals surface area contributed by atoms with Crippen LogP contribution in [0, 0.1) is 18.3 Å². The van der Waals surface area contributed by atoms with E-state index < -0.39 is 0 Å². The van der Waals surface area contributed by atoms with Crippen molar-refractivity contribution in [1.29, 1.82) is 5.26 Å². The van der Waals surface area contributed by atoms with Gasteiger partial charge in [-0.25, -0.2) is 0 Å². The van der Waals surface area contributed by atoms with Crippen molar-refractivity contribution < 1.29 is 9.90 Å². The zero-order chi connectivity index (χ0) is 26.5. The summed E-state index contributed by atoms with van der Waals surface area (Å²) >= 11 is 6.81. The number of aromatic nitrogens is 1. The maximum Gasteiger partial charge on any atom is 0.270 e. The highest BCUT2D eigenvalue weighted by atomic mass is 32.2. The summed E-state index contributed by atoms with van der Waals surface area (Å²) in [5.41, 5.74) is 2.21. The zero-order valence-electron chi connectivity index (χ0n) is 21.1. The molecule has 0 aliphatic carbocycles. The molecule has 0 unspecified atom stereocenters. The molecule has 10 heteroatoms. The first kappa shape index (κ1) is 27.1. The van der Waals surface area contributed by atoms with Crippen LogP contribution in [-0.4, -0.2) is 75.6 Å². The van der Waals surface area contributed by atoms with Crippen LogP contribution in [0.4, 0.5) is 5.82 Å². The van der Waals surface area contributed by atoms with Gasteiger partial charge in [-0.2, -0.15) is 5.26 Å². The molecule has 1 aromatic heterocycles. The van der Waals surface area contributed by atoms with Gasteiger partial charge in [0.05, 0.1) is 11.5 Å². The molecule has 2 aromatic rings. The van der Waals surface area contributed by atoms with Crippen LogP contribution in [0.15, 0.2) is 40.0 Å². The number of anilines is 1. The van der Waals surface area contributed by atoms with Gasteiger partial charge in [0, 0.05) is 51.9 Å². The number of pyridine rings is 1. The lowest BCUT2D eigenvalue weighted by atomic mass is 10.0. The number of carbonyl (C=O) groups excluding carboxylic acids is 1. The molecule has 0 saturated carbocycles. The van der Waals surface area contributed by atoms with Crippen LogP contribution >= 0.6 is 24.0 Å². The first-order chi connectivity index (χ1) is 17.8. The first-order valence-corrected chi connectivity index (χ1v) is 13.6. The second-order valence-corrected chi connectivity index (χ2v) is 10.9. The minimum Gasteiger partial charge on any atom is -0.395 e. The van der Waals surface area contributed by atoms with E-state index in [0.717, 1.165) is 25.9 Å². The molecule has 1 amide bonds. The third-order valence-corrected chi connectivity index (χ3v) is 8.27. The van der Waals surface area contributed by atoms with Crippen molar-refractivity contribution in [1.82, 2.24) is 14.4 Å². The van der Waals surface area contributed by atoms with E-state index in [1.54, 1.807) is 24.9 Å². The molecule has 1 N–H and O–H groups in total. The number of hydrogen-bond acceptors (Lipinski definition) is 8. The van der Waals surface area contributed by atoms with E-state index in [4.69, 9.17) is 12.2 Å². The van der Waals surface area contributed by atoms with Gasteiger partial charge in [0.25, 0.3) is 11.5 Å². The smallest absolute Gasteiger partial charge is 0.270 e. The number of aliphatic hydroxyl groups excluding tert-OH is 1. The van der Waals surface area contributed by atoms with Gasteiger partial charge in [-0.15, -0.1) is 0 Å². The van der Waals surface area contributed by atoms with E-state index in [-0.39, 0.29) is 23.6 Å². The predicted octanol–water partition coefficient (Wildman–Crippen LogP) is 2.51. The second kappa shape index (κ2) is 12.0. The number of thiocarbonyl (C=S) groups is 1. The zero-order valence-corrected chi connectivity index (χ0v) is 22.8. The fraction of sp³-hybridized carbons (Fsp3) is 0.407. The average Bonchev–Trinajstić information content (AvgIpc) is 3.16. The van der Waals surface area contributed by atoms with Crippen LogP contribution in [0.1, 0.15) is 28.7 Å². The third kappa shape index (κ3) is 5.80. The lowest BCUT2D eigenvalue weighted by molar-refractivity contribution is -0.122. The van der Waals surface area contributed by atoms with Gasteiger partial charge in [0.2, 0.25) is 0 Å². The number of aliphatic hydroxyl groups is 1. The molecule has 2 aliphatic rings. The number of thioether (sulfide) groups is 1. The molecule has 0 atom stereocenters. The van der Waals surface area contributed by atoms with Crippen molar-refractivity contribution >= 4 is 46.1 Å². The Morgan fingerprint density at radius 3 is 2.49 bits per heavy atom. The largest absolute Gasteiger partial charge is 0.395 e. The average molecular weight is 538 g/mol. The lowest BCUT2D eigenvalue weighted by Crippen LogP contribution is -2.49. The molecule has 2 fully saturated rings. The number of benzene rings is 1. The molecular formula is C27H31N5O3S2. The van der Waals surface area contributed by atoms with Gasteiger partial charge < -0.3 is 10.0 Å². The van der Waals surface area contributed by atoms with E-state index in [1.807, 2.05) is 18.2 Å². The summed E-state index contributed by atoms with van der Waals surface area (Å²) in [5.74, 6) is 0.549. The van der Waals surface area contributed by atoms with E-state index in [2.05, 4.69) is 28.0 Å². The molecule has 2 aliphatic heterocycles. The number of carbonyl (C=O) groups is 1. The van der Waals surface area contributed by atoms with Crippen molar-refractivity contribution in [3.05, 3.63) is 67.8 Å². The molecule has 194 valence electrons. The van der Waals surface area contributed by atoms with Gasteiger partial charge in [-0.3, -0.25) is 24.0 Å². The number of amides is 1. The molecule has 4 rings (SSSR count). The predicted molar refractivity (Wildman–Crippen MR) is 152 cm³/mol. The molecule has 0 radical (unpaired) electrons. The van der Waals surface area contributed by atoms with Gasteiger partial charge in [0.15, 0.2) is 0 Å². The first-order valence-electron chi connectivity index (χ1n) is 12.4. The van der Waals surface area contributed by atoms with E-state index >= 15 is 0 Å². The summed E-state index contributed by atoms with van der Waals surface area (Å²) < 4.78 is 2.03. The van der Waals surface area contributed by atoms with Crippen LogP contribution < -0.4 is 10.5 Å². The Balaban J connectivity index is 1.62. The van der Waals surface area contributed by atoms with Crippen LogP contribution in [0.3, 0.4) is 0 Å². The second-order valence-electron chi connectivity index (χ2n) is 9.19. The van der Waals surface area contributed by atoms with Crippen molar-refractivity contribution in [3.63, 3.8) is 0 Å². The highest BCUT2D eigenvalue weighted by molar-refractivity contribution is 8.26. The SMILES string of the molecule is Cc1c(/C=C2\SC(=S)N(CCCc3ccccc3)C2=O)c(N2CCN(CCO)CC2)n(C)c(=O)c1C#N. The topological polar surface area (TPSA) is 92.8 Å². The lowest BCUT2D eigenvalue weighted by Gasteiger charge is -2.37. The Morgan fingerprint density at radius 1 is 1.14 bits per heavy atom. The quantitative estimate of drug-likeness (QED) is 0.406. The Morgan fingerprint density at radius 2 is 1.84 bits per heavy atom. The number of piperazine rings is 1. The molecule has 37 heavy (non-hydrogen) atoms. The van der Waals surface area contributed by atoms with Gasteiger partial charge >= 0.3 is 0 Å². The van der Waals surface area contributed by atoms with Crippen molar-refractivity contribution in [3.8, 4) is 6.07 Å². The van der Waals surface area contributed by atoms with Gasteiger partial charge in [-0.05, 0) is 37.0 Å². The van der Waals surface area contributed by atoms with Crippen molar-refractivity contribution in [2.45, 2.75) is 19.8 Å². The number of nitriles is 1. The summed E-state index contributed by atoms with van der Waals surface area (Å²) in [6.07, 6.45) is 3.45. The highest BCUT2D eigenvalue weighted by Gasteiger charge is 2.33. The summed E-state index contributed by atoms with van der Waals surface area (Å²) in [5, 5.41) is 19.0. The molecule has 0 spiro atoms. The normalized spacial score (nSPS) is 17.6. The number of rotatable bonds is 8. The fourth-order valence-corrected chi connectivity index (χ4v) is 6.12. The number of hydrogen-bond donors (Lipinski definition) is 1. The Hall–Kier alpha value is -2.97. The molecule has 2 saturated heterocycles. The van der Waals surface area contributed by atoms with Crippen molar-refractivity contribution in [2.75, 3.05) is 50.8 Å². The minimum absolute atomic E-state index is 0.0785. The third-order valence-electron chi connectivity index (χ3n) is 6.89. The summed E-state index contributed by atoms with van der Waals surface area (Å²) in [7, 11) is 1.67. The number of nitrogens with zero attached hydrogens (tertiary/aromatic N) is 5. The van der Waals surface area contributed by atoms with Crippen molar-refractivity contribution in [2.24, 2.45) is 7.05 Å². The summed E-state index contributed by atoms with van der Waals surface area (Å²) in [6.45, 7) is 5.84. The van der Waals surface area contributed by atoms with Crippen LogP contribution in [0.25, 0.3) is 6.08 Å². The monoisotopic (exact) mass is 537 g/mol. The Kier molecular flexibility index (Phi) is 8.82. The number of aryl methyl sites for hydroxylation is 1. The van der Waals surface area contributed by atoms with E-state index in [9.17, 15) is 20.0 Å². The van der Waals surface area contributed by atoms with Gasteiger partial charge in [-0.1, -0.05) is 54.3 Å². The maximum atomic E-state index is 13.4. The van der Waals surface area contributed by atoms with E-state index in [0.29, 0.717) is 52.3 Å². The molecule has 1 aromatic carbocycles. The summed E-state index contributed by atoms with van der Waals surface area (Å²) in [6, 6.07) is 12.2. The molecular weight excluding hydrogens is 506 g/mol. The van der Waals surface area contributed by atoms with Crippen LogP contribution in [0.5, 0.6) is 0 Å². The van der Waals surface area contributed by atoms with Crippen LogP contribution in [0.2, 0.25) is 0 Å². The fourth-order valence-electron chi connectivity index (χ4n) is 4.83. The molecule has 8 nitrogen and oxygen atoms in total.